The van der Waals surface area contributed by atoms with Crippen LogP contribution in [0.5, 0.6) is 0 Å². The summed E-state index contributed by atoms with van der Waals surface area (Å²) in [6.07, 6.45) is 0.130. The molecule has 0 aliphatic heterocycles. The number of benzene rings is 2. The van der Waals surface area contributed by atoms with E-state index in [1.807, 2.05) is 25.1 Å². The summed E-state index contributed by atoms with van der Waals surface area (Å²) in [7, 11) is 0. The summed E-state index contributed by atoms with van der Waals surface area (Å²) in [6, 6.07) is 12.5. The molecule has 0 unspecified atom stereocenters. The zero-order valence-corrected chi connectivity index (χ0v) is 12.9. The van der Waals surface area contributed by atoms with Gasteiger partial charge >= 0.3 is 0 Å². The molecule has 0 radical (unpaired) electrons. The van der Waals surface area contributed by atoms with Gasteiger partial charge in [-0.25, -0.2) is 0 Å². The van der Waals surface area contributed by atoms with Crippen molar-refractivity contribution in [1.29, 1.82) is 0 Å². The third kappa shape index (κ3) is 3.29. The smallest absolute Gasteiger partial charge is 0.230 e. The van der Waals surface area contributed by atoms with Crippen LogP contribution < -0.4 is 5.32 Å². The molecule has 0 spiro atoms. The number of ketones is 1. The SMILES string of the molecule is CC(=O)c1ccc(NC(=O)Cc2noc3ccc(C)cc23)cc1. The monoisotopic (exact) mass is 308 g/mol. The van der Waals surface area contributed by atoms with E-state index in [2.05, 4.69) is 10.5 Å². The molecule has 1 N–H and O–H groups in total. The summed E-state index contributed by atoms with van der Waals surface area (Å²) in [4.78, 5) is 23.4. The Morgan fingerprint density at radius 2 is 1.87 bits per heavy atom. The van der Waals surface area contributed by atoms with E-state index < -0.39 is 0 Å². The fourth-order valence-electron chi connectivity index (χ4n) is 2.38. The number of hydrogen-bond acceptors (Lipinski definition) is 4. The Morgan fingerprint density at radius 1 is 1.13 bits per heavy atom. The van der Waals surface area contributed by atoms with Crippen LogP contribution in [0.25, 0.3) is 11.0 Å². The number of aryl methyl sites for hydroxylation is 1. The van der Waals surface area contributed by atoms with E-state index in [1.165, 1.54) is 6.92 Å². The number of Topliss-reactive ketones (excluding diaryl/α,β-unsaturated/α-hetero) is 1. The predicted molar refractivity (Wildman–Crippen MR) is 87.5 cm³/mol. The van der Waals surface area contributed by atoms with Gasteiger partial charge in [0, 0.05) is 16.6 Å². The van der Waals surface area contributed by atoms with E-state index in [1.54, 1.807) is 24.3 Å². The van der Waals surface area contributed by atoms with E-state index in [-0.39, 0.29) is 18.1 Å². The van der Waals surface area contributed by atoms with Crippen LogP contribution in [0, 0.1) is 6.92 Å². The van der Waals surface area contributed by atoms with Crippen molar-refractivity contribution in [3.05, 3.63) is 59.3 Å². The quantitative estimate of drug-likeness (QED) is 0.748. The van der Waals surface area contributed by atoms with Gasteiger partial charge in [-0.2, -0.15) is 0 Å². The topological polar surface area (TPSA) is 72.2 Å². The molecular weight excluding hydrogens is 292 g/mol. The minimum Gasteiger partial charge on any atom is -0.356 e. The second kappa shape index (κ2) is 6.04. The number of hydrogen-bond donors (Lipinski definition) is 1. The maximum Gasteiger partial charge on any atom is 0.230 e. The lowest BCUT2D eigenvalue weighted by molar-refractivity contribution is -0.115. The van der Waals surface area contributed by atoms with Crippen molar-refractivity contribution in [2.45, 2.75) is 20.3 Å². The zero-order valence-electron chi connectivity index (χ0n) is 12.9. The van der Waals surface area contributed by atoms with Crippen LogP contribution in [0.4, 0.5) is 5.69 Å². The largest absolute Gasteiger partial charge is 0.356 e. The van der Waals surface area contributed by atoms with Crippen LogP contribution in [0.2, 0.25) is 0 Å². The van der Waals surface area contributed by atoms with E-state index >= 15 is 0 Å². The van der Waals surface area contributed by atoms with Crippen LogP contribution in [0.1, 0.15) is 28.5 Å². The highest BCUT2D eigenvalue weighted by molar-refractivity contribution is 5.97. The molecule has 1 amide bonds. The van der Waals surface area contributed by atoms with Crippen molar-refractivity contribution in [1.82, 2.24) is 5.16 Å². The predicted octanol–water partition coefficient (Wildman–Crippen LogP) is 3.52. The first-order valence-corrected chi connectivity index (χ1v) is 7.29. The van der Waals surface area contributed by atoms with Gasteiger partial charge < -0.3 is 9.84 Å². The van der Waals surface area contributed by atoms with Gasteiger partial charge in [0.05, 0.1) is 6.42 Å². The number of rotatable bonds is 4. The Hall–Kier alpha value is -2.95. The van der Waals surface area contributed by atoms with Crippen molar-refractivity contribution in [3.63, 3.8) is 0 Å². The Balaban J connectivity index is 1.73. The van der Waals surface area contributed by atoms with Gasteiger partial charge in [-0.1, -0.05) is 16.8 Å². The number of carbonyl (C=O) groups is 2. The van der Waals surface area contributed by atoms with Gasteiger partial charge in [0.25, 0.3) is 0 Å². The van der Waals surface area contributed by atoms with E-state index in [0.29, 0.717) is 22.5 Å². The number of aromatic nitrogens is 1. The van der Waals surface area contributed by atoms with Crippen LogP contribution in [-0.4, -0.2) is 16.8 Å². The Labute approximate surface area is 133 Å². The molecule has 0 aliphatic carbocycles. The highest BCUT2D eigenvalue weighted by atomic mass is 16.5. The van der Waals surface area contributed by atoms with Crippen molar-refractivity contribution in [2.24, 2.45) is 0 Å². The van der Waals surface area contributed by atoms with Crippen LogP contribution >= 0.6 is 0 Å². The van der Waals surface area contributed by atoms with E-state index in [4.69, 9.17) is 4.52 Å². The Bertz CT molecular complexity index is 879. The fourth-order valence-corrected chi connectivity index (χ4v) is 2.38. The number of anilines is 1. The van der Waals surface area contributed by atoms with E-state index in [9.17, 15) is 9.59 Å². The maximum atomic E-state index is 12.2. The first-order chi connectivity index (χ1) is 11.0. The van der Waals surface area contributed by atoms with Crippen molar-refractivity contribution in [2.75, 3.05) is 5.32 Å². The molecule has 5 nitrogen and oxygen atoms in total. The lowest BCUT2D eigenvalue weighted by atomic mass is 10.1. The molecule has 1 heterocycles. The summed E-state index contributed by atoms with van der Waals surface area (Å²) in [5, 5.41) is 7.62. The van der Waals surface area contributed by atoms with Gasteiger partial charge in [-0.3, -0.25) is 9.59 Å². The second-order valence-corrected chi connectivity index (χ2v) is 5.49. The minimum atomic E-state index is -0.183. The first kappa shape index (κ1) is 15.0. The molecular formula is C18H16N2O3. The molecule has 0 aliphatic rings. The molecule has 0 fully saturated rings. The van der Waals surface area contributed by atoms with Crippen molar-refractivity contribution < 1.29 is 14.1 Å². The summed E-state index contributed by atoms with van der Waals surface area (Å²) in [5.74, 6) is -0.190. The van der Waals surface area contributed by atoms with Crippen molar-refractivity contribution in [3.8, 4) is 0 Å². The normalized spacial score (nSPS) is 10.7. The Kier molecular flexibility index (Phi) is 3.93. The van der Waals surface area contributed by atoms with Gasteiger partial charge in [0.15, 0.2) is 11.4 Å². The molecule has 23 heavy (non-hydrogen) atoms. The number of carbonyl (C=O) groups excluding carboxylic acids is 2. The number of amides is 1. The average molecular weight is 308 g/mol. The second-order valence-electron chi connectivity index (χ2n) is 5.49. The van der Waals surface area contributed by atoms with Crippen LogP contribution in [0.15, 0.2) is 47.0 Å². The van der Waals surface area contributed by atoms with Gasteiger partial charge in [0.2, 0.25) is 5.91 Å². The summed E-state index contributed by atoms with van der Waals surface area (Å²) in [6.45, 7) is 3.48. The molecule has 0 bridgehead atoms. The number of fused-ring (bicyclic) bond motifs is 1. The lowest BCUT2D eigenvalue weighted by Gasteiger charge is -2.04. The third-order valence-electron chi connectivity index (χ3n) is 3.60. The average Bonchev–Trinajstić information content (AvgIpc) is 2.90. The van der Waals surface area contributed by atoms with Gasteiger partial charge in [0.1, 0.15) is 5.69 Å². The molecule has 3 rings (SSSR count). The van der Waals surface area contributed by atoms with Crippen molar-refractivity contribution >= 4 is 28.3 Å². The van der Waals surface area contributed by atoms with E-state index in [0.717, 1.165) is 10.9 Å². The highest BCUT2D eigenvalue weighted by Crippen LogP contribution is 2.20. The van der Waals surface area contributed by atoms with Crippen LogP contribution in [-0.2, 0) is 11.2 Å². The maximum absolute atomic E-state index is 12.2. The molecule has 0 atom stereocenters. The lowest BCUT2D eigenvalue weighted by Crippen LogP contribution is -2.14. The standard InChI is InChI=1S/C18H16N2O3/c1-11-3-8-17-15(9-11)16(20-23-17)10-18(22)19-14-6-4-13(5-7-14)12(2)21/h3-9H,10H2,1-2H3,(H,19,22). The van der Waals surface area contributed by atoms with Gasteiger partial charge in [-0.05, 0) is 50.2 Å². The fraction of sp³-hybridized carbons (Fsp3) is 0.167. The van der Waals surface area contributed by atoms with Gasteiger partial charge in [-0.15, -0.1) is 0 Å². The summed E-state index contributed by atoms with van der Waals surface area (Å²) >= 11 is 0. The third-order valence-corrected chi connectivity index (χ3v) is 3.60. The molecule has 5 heteroatoms. The number of nitrogens with one attached hydrogen (secondary N) is 1. The molecule has 1 aromatic heterocycles. The first-order valence-electron chi connectivity index (χ1n) is 7.29. The minimum absolute atomic E-state index is 0.00712. The molecule has 116 valence electrons. The molecule has 2 aromatic carbocycles. The summed E-state index contributed by atoms with van der Waals surface area (Å²) < 4.78 is 5.23. The Morgan fingerprint density at radius 3 is 2.57 bits per heavy atom. The molecule has 0 saturated heterocycles. The molecule has 3 aromatic rings. The van der Waals surface area contributed by atoms with Crippen LogP contribution in [0.3, 0.4) is 0 Å². The summed E-state index contributed by atoms with van der Waals surface area (Å²) in [5.41, 5.74) is 3.62. The highest BCUT2D eigenvalue weighted by Gasteiger charge is 2.13. The number of nitrogens with zero attached hydrogens (tertiary/aromatic N) is 1. The zero-order chi connectivity index (χ0) is 16.4. The molecule has 0 saturated carbocycles.